The third-order valence-corrected chi connectivity index (χ3v) is 5.07. The fraction of sp³-hybridized carbons (Fsp3) is 0.111. The molecule has 0 unspecified atom stereocenters. The van der Waals surface area contributed by atoms with Crippen molar-refractivity contribution >= 4 is 10.0 Å². The number of rotatable bonds is 4. The van der Waals surface area contributed by atoms with Crippen molar-refractivity contribution in [1.29, 1.82) is 5.26 Å². The van der Waals surface area contributed by atoms with Gasteiger partial charge in [0, 0.05) is 5.56 Å². The summed E-state index contributed by atoms with van der Waals surface area (Å²) in [4.78, 5) is -1.38. The summed E-state index contributed by atoms with van der Waals surface area (Å²) in [6.45, 7) is 1.61. The summed E-state index contributed by atoms with van der Waals surface area (Å²) >= 11 is 0. The van der Waals surface area contributed by atoms with Crippen molar-refractivity contribution < 1.29 is 30.5 Å². The molecule has 0 atom stereocenters. The molecule has 0 aliphatic heterocycles. The number of nitrogens with zero attached hydrogens (tertiary/aromatic N) is 2. The molecule has 0 radical (unpaired) electrons. The van der Waals surface area contributed by atoms with E-state index in [1.54, 1.807) is 6.92 Å². The normalized spacial score (nSPS) is 11.7. The molecule has 0 bridgehead atoms. The van der Waals surface area contributed by atoms with E-state index in [-0.39, 0.29) is 11.3 Å². The monoisotopic (exact) mass is 425 g/mol. The van der Waals surface area contributed by atoms with Gasteiger partial charge in [-0.3, -0.25) is 0 Å². The minimum Gasteiger partial charge on any atom is -0.354 e. The quantitative estimate of drug-likeness (QED) is 0.634. The van der Waals surface area contributed by atoms with Gasteiger partial charge in [-0.15, -0.1) is 0 Å². The van der Waals surface area contributed by atoms with E-state index >= 15 is 0 Å². The van der Waals surface area contributed by atoms with Gasteiger partial charge in [-0.2, -0.15) is 5.26 Å². The van der Waals surface area contributed by atoms with E-state index in [0.717, 1.165) is 0 Å². The van der Waals surface area contributed by atoms with Crippen LogP contribution in [0.1, 0.15) is 23.3 Å². The number of hydrogen-bond donors (Lipinski definition) is 1. The van der Waals surface area contributed by atoms with Crippen LogP contribution < -0.4 is 5.14 Å². The molecular weight excluding hydrogens is 414 g/mol. The number of sulfonamides is 1. The summed E-state index contributed by atoms with van der Waals surface area (Å²) in [5.74, 6) is -4.05. The first kappa shape index (κ1) is 20.5. The molecule has 11 heteroatoms. The van der Waals surface area contributed by atoms with E-state index in [9.17, 15) is 26.0 Å². The van der Waals surface area contributed by atoms with Gasteiger partial charge in [0.1, 0.15) is 17.3 Å². The Balaban J connectivity index is 2.29. The van der Waals surface area contributed by atoms with E-state index in [1.165, 1.54) is 18.2 Å². The molecule has 0 spiro atoms. The van der Waals surface area contributed by atoms with Gasteiger partial charge in [0.25, 0.3) is 6.43 Å². The molecule has 0 aliphatic carbocycles. The SMILES string of the molecule is Cc1cc(-c2noc(C(F)F)c2-c2cc(F)c(S(N)(=O)=O)c(F)c2)ccc1C#N. The first-order valence-corrected chi connectivity index (χ1v) is 9.40. The van der Waals surface area contributed by atoms with Gasteiger partial charge in [0.05, 0.1) is 17.2 Å². The molecule has 3 rings (SSSR count). The zero-order valence-electron chi connectivity index (χ0n) is 14.6. The number of hydrogen-bond acceptors (Lipinski definition) is 5. The number of primary sulfonamides is 1. The van der Waals surface area contributed by atoms with E-state index in [4.69, 9.17) is 10.4 Å². The van der Waals surface area contributed by atoms with E-state index in [1.807, 2.05) is 6.07 Å². The maximum absolute atomic E-state index is 14.3. The fourth-order valence-electron chi connectivity index (χ4n) is 2.84. The lowest BCUT2D eigenvalue weighted by atomic mass is 9.96. The number of benzene rings is 2. The molecule has 3 aromatic rings. The molecule has 0 saturated heterocycles. The highest BCUT2D eigenvalue weighted by Gasteiger charge is 2.29. The zero-order valence-corrected chi connectivity index (χ0v) is 15.4. The molecule has 1 heterocycles. The second kappa shape index (κ2) is 7.31. The van der Waals surface area contributed by atoms with Crippen LogP contribution in [0, 0.1) is 29.9 Å². The molecule has 0 fully saturated rings. The van der Waals surface area contributed by atoms with Crippen molar-refractivity contribution in [3.05, 3.63) is 58.9 Å². The molecule has 0 aliphatic rings. The second-order valence-corrected chi connectivity index (χ2v) is 7.52. The molecule has 0 amide bonds. The molecule has 6 nitrogen and oxygen atoms in total. The van der Waals surface area contributed by atoms with Crippen LogP contribution in [-0.4, -0.2) is 13.6 Å². The van der Waals surface area contributed by atoms with Crippen LogP contribution in [0.15, 0.2) is 39.8 Å². The molecule has 2 aromatic carbocycles. The minimum absolute atomic E-state index is 0.157. The first-order valence-electron chi connectivity index (χ1n) is 7.85. The number of nitriles is 1. The predicted octanol–water partition coefficient (Wildman–Crippen LogP) is 4.05. The number of alkyl halides is 2. The Labute approximate surface area is 162 Å². The predicted molar refractivity (Wildman–Crippen MR) is 93.1 cm³/mol. The van der Waals surface area contributed by atoms with Gasteiger partial charge in [0.15, 0.2) is 4.90 Å². The molecule has 1 aromatic heterocycles. The lowest BCUT2D eigenvalue weighted by molar-refractivity contribution is 0.113. The summed E-state index contributed by atoms with van der Waals surface area (Å²) in [6.07, 6.45) is -3.17. The van der Waals surface area contributed by atoms with Crippen LogP contribution in [-0.2, 0) is 10.0 Å². The third-order valence-electron chi connectivity index (χ3n) is 4.11. The summed E-state index contributed by atoms with van der Waals surface area (Å²) in [5, 5.41) is 17.4. The maximum Gasteiger partial charge on any atom is 0.298 e. The molecule has 0 saturated carbocycles. The number of aromatic nitrogens is 1. The fourth-order valence-corrected chi connectivity index (χ4v) is 3.50. The summed E-state index contributed by atoms with van der Waals surface area (Å²) in [6, 6.07) is 7.37. The highest BCUT2D eigenvalue weighted by atomic mass is 32.2. The van der Waals surface area contributed by atoms with Crippen LogP contribution >= 0.6 is 0 Å². The molecule has 150 valence electrons. The van der Waals surface area contributed by atoms with Crippen LogP contribution in [0.25, 0.3) is 22.4 Å². The Morgan fingerprint density at radius 3 is 2.24 bits per heavy atom. The average molecular weight is 425 g/mol. The number of halogens is 4. The van der Waals surface area contributed by atoms with Crippen molar-refractivity contribution in [3.8, 4) is 28.5 Å². The second-order valence-electron chi connectivity index (χ2n) is 6.03. The van der Waals surface area contributed by atoms with Gasteiger partial charge < -0.3 is 4.52 Å². The van der Waals surface area contributed by atoms with Crippen molar-refractivity contribution in [2.24, 2.45) is 5.14 Å². The maximum atomic E-state index is 14.3. The Morgan fingerprint density at radius 1 is 1.14 bits per heavy atom. The van der Waals surface area contributed by atoms with Crippen LogP contribution in [0.2, 0.25) is 0 Å². The van der Waals surface area contributed by atoms with Crippen molar-refractivity contribution in [2.75, 3.05) is 0 Å². The Hall–Kier alpha value is -3.23. The summed E-state index contributed by atoms with van der Waals surface area (Å²) in [5.41, 5.74) is 0.115. The smallest absolute Gasteiger partial charge is 0.298 e. The zero-order chi connectivity index (χ0) is 21.5. The standard InChI is InChI=1S/C18H11F4N3O3S/c1-8-4-9(2-3-10(8)7-23)15-14(16(18(21)22)28-25-15)11-5-12(19)17(13(20)6-11)29(24,26)27/h2-6,18H,1H3,(H2,24,26,27). The topological polar surface area (TPSA) is 110 Å². The minimum atomic E-state index is -4.72. The molecule has 29 heavy (non-hydrogen) atoms. The Kier molecular flexibility index (Phi) is 5.16. The number of aryl methyl sites for hydroxylation is 1. The highest BCUT2D eigenvalue weighted by molar-refractivity contribution is 7.89. The van der Waals surface area contributed by atoms with Crippen molar-refractivity contribution in [1.82, 2.24) is 5.16 Å². The highest BCUT2D eigenvalue weighted by Crippen LogP contribution is 2.40. The van der Waals surface area contributed by atoms with Crippen LogP contribution in [0.3, 0.4) is 0 Å². The van der Waals surface area contributed by atoms with Crippen LogP contribution in [0.4, 0.5) is 17.6 Å². The Morgan fingerprint density at radius 2 is 1.76 bits per heavy atom. The van der Waals surface area contributed by atoms with Crippen LogP contribution in [0.5, 0.6) is 0 Å². The van der Waals surface area contributed by atoms with Gasteiger partial charge in [0.2, 0.25) is 15.8 Å². The number of nitrogens with two attached hydrogens (primary N) is 1. The van der Waals surface area contributed by atoms with Gasteiger partial charge in [-0.25, -0.2) is 31.1 Å². The first-order chi connectivity index (χ1) is 13.5. The van der Waals surface area contributed by atoms with E-state index in [0.29, 0.717) is 23.3 Å². The van der Waals surface area contributed by atoms with Crippen molar-refractivity contribution in [3.63, 3.8) is 0 Å². The van der Waals surface area contributed by atoms with Crippen molar-refractivity contribution in [2.45, 2.75) is 18.2 Å². The van der Waals surface area contributed by atoms with Gasteiger partial charge >= 0.3 is 0 Å². The van der Waals surface area contributed by atoms with Gasteiger partial charge in [-0.05, 0) is 42.3 Å². The molecular formula is C18H11F4N3O3S. The summed E-state index contributed by atoms with van der Waals surface area (Å²) < 4.78 is 82.8. The summed E-state index contributed by atoms with van der Waals surface area (Å²) in [7, 11) is -4.72. The lowest BCUT2D eigenvalue weighted by Crippen LogP contribution is -2.16. The molecule has 2 N–H and O–H groups in total. The average Bonchev–Trinajstić information content (AvgIpc) is 3.05. The largest absolute Gasteiger partial charge is 0.354 e. The lowest BCUT2D eigenvalue weighted by Gasteiger charge is -2.09. The Bertz CT molecular complexity index is 1240. The third kappa shape index (κ3) is 3.72. The van der Waals surface area contributed by atoms with Gasteiger partial charge in [-0.1, -0.05) is 11.2 Å². The van der Waals surface area contributed by atoms with E-state index < -0.39 is 49.9 Å². The van der Waals surface area contributed by atoms with E-state index in [2.05, 4.69) is 9.68 Å².